The van der Waals surface area contributed by atoms with E-state index in [9.17, 15) is 9.50 Å². The van der Waals surface area contributed by atoms with Crippen molar-refractivity contribution in [2.75, 3.05) is 13.7 Å². The van der Waals surface area contributed by atoms with Gasteiger partial charge in [0, 0.05) is 5.56 Å². The predicted molar refractivity (Wildman–Crippen MR) is 99.3 cm³/mol. The third kappa shape index (κ3) is 4.10. The van der Waals surface area contributed by atoms with E-state index in [2.05, 4.69) is 0 Å². The molecule has 0 fully saturated rings. The molecule has 26 heavy (non-hydrogen) atoms. The van der Waals surface area contributed by atoms with Gasteiger partial charge in [-0.25, -0.2) is 4.39 Å². The molecular weight excluding hydrogens is 329 g/mol. The highest BCUT2D eigenvalue weighted by atomic mass is 19.1. The zero-order chi connectivity index (χ0) is 18.4. The van der Waals surface area contributed by atoms with Crippen molar-refractivity contribution in [1.29, 1.82) is 0 Å². The van der Waals surface area contributed by atoms with E-state index in [4.69, 9.17) is 4.74 Å². The van der Waals surface area contributed by atoms with Crippen LogP contribution in [0.5, 0.6) is 5.75 Å². The Balaban J connectivity index is 1.81. The molecule has 0 aliphatic rings. The minimum absolute atomic E-state index is 0.315. The number of quaternary nitrogens is 1. The zero-order valence-corrected chi connectivity index (χ0v) is 14.7. The van der Waals surface area contributed by atoms with Crippen molar-refractivity contribution < 1.29 is 19.6 Å². The van der Waals surface area contributed by atoms with Crippen LogP contribution in [0.1, 0.15) is 16.7 Å². The van der Waals surface area contributed by atoms with Gasteiger partial charge in [0.05, 0.1) is 7.11 Å². The normalized spacial score (nSPS) is 13.2. The lowest BCUT2D eigenvalue weighted by Crippen LogP contribution is -2.86. The van der Waals surface area contributed by atoms with Crippen molar-refractivity contribution in [3.63, 3.8) is 0 Å². The first kappa shape index (κ1) is 18.1. The lowest BCUT2D eigenvalue weighted by molar-refractivity contribution is -0.682. The number of benzene rings is 3. The largest absolute Gasteiger partial charge is 0.497 e. The average Bonchev–Trinajstić information content (AvgIpc) is 2.69. The van der Waals surface area contributed by atoms with Crippen LogP contribution in [0.3, 0.4) is 0 Å². The Kier molecular flexibility index (Phi) is 5.66. The fourth-order valence-corrected chi connectivity index (χ4v) is 3.09. The molecule has 3 aromatic carbocycles. The number of halogens is 1. The fraction of sp³-hybridized carbons (Fsp3) is 0.182. The molecule has 0 aliphatic heterocycles. The highest BCUT2D eigenvalue weighted by Gasteiger charge is 2.33. The SMILES string of the molecule is COc1cccc(C[NH2+]C[C@](O)(c2ccccc2)c2ccc(F)cc2)c1. The summed E-state index contributed by atoms with van der Waals surface area (Å²) in [7, 11) is 1.64. The molecular formula is C22H23FNO2+. The van der Waals surface area contributed by atoms with Crippen molar-refractivity contribution in [3.8, 4) is 5.75 Å². The Morgan fingerprint density at radius 2 is 1.62 bits per heavy atom. The van der Waals surface area contributed by atoms with Gasteiger partial charge in [-0.3, -0.25) is 0 Å². The van der Waals surface area contributed by atoms with Gasteiger partial charge in [0.25, 0.3) is 0 Å². The van der Waals surface area contributed by atoms with Crippen LogP contribution in [0.4, 0.5) is 4.39 Å². The summed E-state index contributed by atoms with van der Waals surface area (Å²) in [4.78, 5) is 0. The van der Waals surface area contributed by atoms with Crippen LogP contribution in [0.2, 0.25) is 0 Å². The molecule has 0 heterocycles. The molecule has 3 rings (SSSR count). The molecule has 3 nitrogen and oxygen atoms in total. The van der Waals surface area contributed by atoms with E-state index >= 15 is 0 Å². The molecule has 0 saturated heterocycles. The summed E-state index contributed by atoms with van der Waals surface area (Å²) in [5.74, 6) is 0.497. The van der Waals surface area contributed by atoms with Crippen molar-refractivity contribution in [1.82, 2.24) is 0 Å². The van der Waals surface area contributed by atoms with Crippen LogP contribution in [0.25, 0.3) is 0 Å². The smallest absolute Gasteiger partial charge is 0.163 e. The first-order valence-corrected chi connectivity index (χ1v) is 8.60. The molecule has 3 N–H and O–H groups in total. The second kappa shape index (κ2) is 8.13. The molecule has 0 amide bonds. The summed E-state index contributed by atoms with van der Waals surface area (Å²) in [6.07, 6.45) is 0. The zero-order valence-electron chi connectivity index (χ0n) is 14.7. The predicted octanol–water partition coefficient (Wildman–Crippen LogP) is 2.83. The summed E-state index contributed by atoms with van der Waals surface area (Å²) in [6.45, 7) is 1.12. The Hall–Kier alpha value is -2.69. The Morgan fingerprint density at radius 3 is 2.31 bits per heavy atom. The molecule has 0 aromatic heterocycles. The molecule has 4 heteroatoms. The van der Waals surface area contributed by atoms with Crippen molar-refractivity contribution in [3.05, 3.63) is 101 Å². The number of methoxy groups -OCH3 is 1. The van der Waals surface area contributed by atoms with Crippen LogP contribution in [0, 0.1) is 5.82 Å². The van der Waals surface area contributed by atoms with Crippen LogP contribution in [-0.2, 0) is 12.1 Å². The molecule has 134 valence electrons. The lowest BCUT2D eigenvalue weighted by atomic mass is 9.86. The maximum absolute atomic E-state index is 13.3. The van der Waals surface area contributed by atoms with E-state index in [1.165, 1.54) is 12.1 Å². The molecule has 0 saturated carbocycles. The molecule has 0 aliphatic carbocycles. The summed E-state index contributed by atoms with van der Waals surface area (Å²) in [5.41, 5.74) is 1.37. The van der Waals surface area contributed by atoms with Gasteiger partial charge in [0.1, 0.15) is 24.7 Å². The standard InChI is InChI=1S/C22H22FNO2/c1-26-21-9-5-6-17(14-21)15-24-16-22(25,18-7-3-2-4-8-18)19-10-12-20(23)13-11-19/h2-14,24-25H,15-16H2,1H3/p+1/t22-/m0/s1. The first-order chi connectivity index (χ1) is 12.6. The highest BCUT2D eigenvalue weighted by molar-refractivity contribution is 5.36. The Labute approximate surface area is 153 Å². The molecule has 1 atom stereocenters. The summed E-state index contributed by atoms with van der Waals surface area (Å²) >= 11 is 0. The average molecular weight is 352 g/mol. The van der Waals surface area contributed by atoms with E-state index in [0.29, 0.717) is 18.7 Å². The van der Waals surface area contributed by atoms with Gasteiger partial charge < -0.3 is 15.2 Å². The van der Waals surface area contributed by atoms with Crippen LogP contribution < -0.4 is 10.1 Å². The van der Waals surface area contributed by atoms with Crippen molar-refractivity contribution in [2.45, 2.75) is 12.1 Å². The molecule has 0 bridgehead atoms. The molecule has 0 unspecified atom stereocenters. The van der Waals surface area contributed by atoms with Crippen molar-refractivity contribution >= 4 is 0 Å². The second-order valence-electron chi connectivity index (χ2n) is 6.28. The second-order valence-corrected chi connectivity index (χ2v) is 6.28. The third-order valence-corrected chi connectivity index (χ3v) is 4.53. The minimum Gasteiger partial charge on any atom is -0.497 e. The van der Waals surface area contributed by atoms with Crippen LogP contribution in [0.15, 0.2) is 78.9 Å². The summed E-state index contributed by atoms with van der Waals surface area (Å²) in [6, 6.07) is 23.4. The quantitative estimate of drug-likeness (QED) is 0.687. The monoisotopic (exact) mass is 352 g/mol. The molecule has 0 radical (unpaired) electrons. The van der Waals surface area contributed by atoms with Gasteiger partial charge in [-0.1, -0.05) is 54.6 Å². The maximum atomic E-state index is 13.3. The van der Waals surface area contributed by atoms with E-state index in [-0.39, 0.29) is 5.82 Å². The van der Waals surface area contributed by atoms with Gasteiger partial charge in [0.2, 0.25) is 0 Å². The maximum Gasteiger partial charge on any atom is 0.163 e. The van der Waals surface area contributed by atoms with E-state index in [1.54, 1.807) is 19.2 Å². The molecule has 0 spiro atoms. The van der Waals surface area contributed by atoms with Crippen LogP contribution >= 0.6 is 0 Å². The van der Waals surface area contributed by atoms with E-state index in [0.717, 1.165) is 16.9 Å². The number of rotatable bonds is 7. The van der Waals surface area contributed by atoms with Gasteiger partial charge in [-0.05, 0) is 35.4 Å². The van der Waals surface area contributed by atoms with Gasteiger partial charge in [0.15, 0.2) is 5.60 Å². The third-order valence-electron chi connectivity index (χ3n) is 4.53. The van der Waals surface area contributed by atoms with Gasteiger partial charge >= 0.3 is 0 Å². The summed E-state index contributed by atoms with van der Waals surface area (Å²) in [5, 5.41) is 13.5. The number of aliphatic hydroxyl groups is 1. The van der Waals surface area contributed by atoms with Gasteiger partial charge in [-0.2, -0.15) is 0 Å². The van der Waals surface area contributed by atoms with Gasteiger partial charge in [-0.15, -0.1) is 0 Å². The number of ether oxygens (including phenoxy) is 1. The number of nitrogens with two attached hydrogens (primary N) is 1. The number of hydrogen-bond donors (Lipinski definition) is 2. The fourth-order valence-electron chi connectivity index (χ4n) is 3.09. The van der Waals surface area contributed by atoms with Crippen LogP contribution in [-0.4, -0.2) is 18.8 Å². The van der Waals surface area contributed by atoms with Crippen molar-refractivity contribution in [2.24, 2.45) is 0 Å². The molecule has 3 aromatic rings. The first-order valence-electron chi connectivity index (χ1n) is 8.60. The Morgan fingerprint density at radius 1 is 0.923 bits per heavy atom. The lowest BCUT2D eigenvalue weighted by Gasteiger charge is -2.27. The Bertz CT molecular complexity index is 836. The minimum atomic E-state index is -1.20. The van der Waals surface area contributed by atoms with E-state index < -0.39 is 5.60 Å². The number of hydrogen-bond acceptors (Lipinski definition) is 2. The highest BCUT2D eigenvalue weighted by Crippen LogP contribution is 2.28. The summed E-state index contributed by atoms with van der Waals surface area (Å²) < 4.78 is 18.6. The topological polar surface area (TPSA) is 46.1 Å². The van der Waals surface area contributed by atoms with E-state index in [1.807, 2.05) is 59.9 Å².